The van der Waals surface area contributed by atoms with Crippen LogP contribution in [0.2, 0.25) is 0 Å². The van der Waals surface area contributed by atoms with Crippen LogP contribution >= 0.6 is 0 Å². The summed E-state index contributed by atoms with van der Waals surface area (Å²) in [6.07, 6.45) is 5.14. The summed E-state index contributed by atoms with van der Waals surface area (Å²) in [5, 5.41) is 9.43. The average molecular weight is 361 g/mol. The molecule has 0 atom stereocenters. The Hall–Kier alpha value is -3.22. The third-order valence-corrected chi connectivity index (χ3v) is 3.38. The van der Waals surface area contributed by atoms with E-state index in [1.165, 1.54) is 18.2 Å². The van der Waals surface area contributed by atoms with E-state index in [9.17, 15) is 23.5 Å². The van der Waals surface area contributed by atoms with Crippen molar-refractivity contribution in [3.63, 3.8) is 0 Å². The Bertz CT molecular complexity index is 868. The molecule has 0 aliphatic heterocycles. The maximum absolute atomic E-state index is 13.3. The summed E-state index contributed by atoms with van der Waals surface area (Å²) >= 11 is 0. The summed E-state index contributed by atoms with van der Waals surface area (Å²) in [6.45, 7) is 1.94. The third kappa shape index (κ3) is 5.14. The van der Waals surface area contributed by atoms with Crippen molar-refractivity contribution in [2.75, 3.05) is 6.61 Å². The van der Waals surface area contributed by atoms with Crippen molar-refractivity contribution in [1.82, 2.24) is 4.57 Å². The smallest absolute Gasteiger partial charge is 0.373 e. The Morgan fingerprint density at radius 3 is 2.69 bits per heavy atom. The van der Waals surface area contributed by atoms with Crippen molar-refractivity contribution in [3.8, 4) is 0 Å². The van der Waals surface area contributed by atoms with Gasteiger partial charge in [0, 0.05) is 24.5 Å². The van der Waals surface area contributed by atoms with Gasteiger partial charge >= 0.3 is 5.97 Å². The number of halogens is 2. The first-order valence-corrected chi connectivity index (χ1v) is 7.79. The second-order valence-electron chi connectivity index (χ2n) is 5.30. The maximum Gasteiger partial charge on any atom is 0.373 e. The molecule has 1 aromatic heterocycles. The van der Waals surface area contributed by atoms with Crippen molar-refractivity contribution in [3.05, 3.63) is 77.3 Å². The number of benzene rings is 1. The quantitative estimate of drug-likeness (QED) is 0.466. The molecule has 1 N–H and O–H groups in total. The van der Waals surface area contributed by atoms with E-state index in [0.29, 0.717) is 11.3 Å². The summed E-state index contributed by atoms with van der Waals surface area (Å²) in [5.74, 6) is -4.20. The molecule has 0 radical (unpaired) electrons. The molecular formula is C19H17F2NO4. The summed E-state index contributed by atoms with van der Waals surface area (Å²) in [5.41, 5.74) is 1.19. The minimum Gasteiger partial charge on any atom is -0.502 e. The van der Waals surface area contributed by atoms with Crippen LogP contribution < -0.4 is 0 Å². The van der Waals surface area contributed by atoms with E-state index in [4.69, 9.17) is 0 Å². The molecule has 0 saturated heterocycles. The molecule has 26 heavy (non-hydrogen) atoms. The first-order chi connectivity index (χ1) is 12.4. The predicted molar refractivity (Wildman–Crippen MR) is 91.3 cm³/mol. The maximum atomic E-state index is 13.3. The topological polar surface area (TPSA) is 68.5 Å². The zero-order valence-electron chi connectivity index (χ0n) is 14.0. The van der Waals surface area contributed by atoms with Gasteiger partial charge in [-0.1, -0.05) is 6.07 Å². The van der Waals surface area contributed by atoms with Crippen LogP contribution in [0.5, 0.6) is 0 Å². The molecule has 0 aliphatic carbocycles. The van der Waals surface area contributed by atoms with Gasteiger partial charge in [-0.05, 0) is 48.9 Å². The molecule has 0 bridgehead atoms. The number of carbonyl (C=O) groups excluding carboxylic acids is 2. The van der Waals surface area contributed by atoms with Crippen LogP contribution in [-0.2, 0) is 20.9 Å². The van der Waals surface area contributed by atoms with E-state index in [1.54, 1.807) is 29.8 Å². The number of ketones is 1. The van der Waals surface area contributed by atoms with Gasteiger partial charge < -0.3 is 14.4 Å². The molecule has 7 heteroatoms. The van der Waals surface area contributed by atoms with E-state index < -0.39 is 29.1 Å². The molecule has 2 rings (SSSR count). The summed E-state index contributed by atoms with van der Waals surface area (Å²) < 4.78 is 32.6. The zero-order valence-corrected chi connectivity index (χ0v) is 14.0. The van der Waals surface area contributed by atoms with Crippen molar-refractivity contribution < 1.29 is 28.2 Å². The van der Waals surface area contributed by atoms with Crippen molar-refractivity contribution in [1.29, 1.82) is 0 Å². The number of allylic oxidation sites excluding steroid dienone is 2. The van der Waals surface area contributed by atoms with Gasteiger partial charge in [0.1, 0.15) is 0 Å². The fourth-order valence-electron chi connectivity index (χ4n) is 2.17. The average Bonchev–Trinajstić information content (AvgIpc) is 3.03. The number of esters is 1. The van der Waals surface area contributed by atoms with Gasteiger partial charge in [-0.25, -0.2) is 13.6 Å². The van der Waals surface area contributed by atoms with Crippen molar-refractivity contribution in [2.45, 2.75) is 13.5 Å². The minimum atomic E-state index is -0.976. The monoisotopic (exact) mass is 361 g/mol. The lowest BCUT2D eigenvalue weighted by atomic mass is 10.2. The molecule has 5 nitrogen and oxygen atoms in total. The molecule has 0 fully saturated rings. The van der Waals surface area contributed by atoms with Crippen molar-refractivity contribution >= 4 is 17.8 Å². The molecule has 1 aromatic carbocycles. The van der Waals surface area contributed by atoms with Gasteiger partial charge in [0.05, 0.1) is 6.61 Å². The summed E-state index contributed by atoms with van der Waals surface area (Å²) in [6, 6.07) is 7.08. The van der Waals surface area contributed by atoms with Gasteiger partial charge in [-0.15, -0.1) is 0 Å². The number of aliphatic hydroxyl groups is 1. The Labute approximate surface area is 148 Å². The Morgan fingerprint density at radius 1 is 1.23 bits per heavy atom. The second kappa shape index (κ2) is 8.75. The number of aliphatic hydroxyl groups excluding tert-OH is 1. The fraction of sp³-hybridized carbons (Fsp3) is 0.158. The number of carbonyl (C=O) groups is 2. The first-order valence-electron chi connectivity index (χ1n) is 7.79. The normalized spacial score (nSPS) is 11.7. The van der Waals surface area contributed by atoms with Crippen LogP contribution in [-0.4, -0.2) is 28.0 Å². The van der Waals surface area contributed by atoms with Gasteiger partial charge in [0.15, 0.2) is 17.4 Å². The van der Waals surface area contributed by atoms with Gasteiger partial charge in [0.2, 0.25) is 5.76 Å². The highest BCUT2D eigenvalue weighted by atomic mass is 19.2. The predicted octanol–water partition coefficient (Wildman–Crippen LogP) is 3.40. The lowest BCUT2D eigenvalue weighted by Gasteiger charge is -2.07. The molecule has 0 saturated carbocycles. The van der Waals surface area contributed by atoms with Crippen LogP contribution in [0.1, 0.15) is 18.2 Å². The second-order valence-corrected chi connectivity index (χ2v) is 5.30. The third-order valence-electron chi connectivity index (χ3n) is 3.38. The van der Waals surface area contributed by atoms with Crippen LogP contribution in [0.25, 0.3) is 6.08 Å². The van der Waals surface area contributed by atoms with Crippen molar-refractivity contribution in [2.24, 2.45) is 0 Å². The Kier molecular flexibility index (Phi) is 6.43. The van der Waals surface area contributed by atoms with E-state index in [0.717, 1.165) is 18.2 Å². The number of aromatic nitrogens is 1. The number of hydrogen-bond acceptors (Lipinski definition) is 4. The Morgan fingerprint density at radius 2 is 2.00 bits per heavy atom. The molecule has 0 aliphatic rings. The van der Waals surface area contributed by atoms with Gasteiger partial charge in [-0.3, -0.25) is 4.79 Å². The largest absolute Gasteiger partial charge is 0.502 e. The Balaban J connectivity index is 2.09. The fourth-order valence-corrected chi connectivity index (χ4v) is 2.17. The lowest BCUT2D eigenvalue weighted by molar-refractivity contribution is -0.141. The number of nitrogens with zero attached hydrogens (tertiary/aromatic N) is 1. The van der Waals surface area contributed by atoms with Gasteiger partial charge in [0.25, 0.3) is 0 Å². The molecular weight excluding hydrogens is 344 g/mol. The van der Waals surface area contributed by atoms with Crippen LogP contribution in [0, 0.1) is 11.6 Å². The van der Waals surface area contributed by atoms with Crippen LogP contribution in [0.3, 0.4) is 0 Å². The number of ether oxygens (including phenoxy) is 1. The summed E-state index contributed by atoms with van der Waals surface area (Å²) in [7, 11) is 0. The molecule has 2 aromatic rings. The lowest BCUT2D eigenvalue weighted by Crippen LogP contribution is -2.08. The molecule has 0 spiro atoms. The van der Waals surface area contributed by atoms with E-state index in [2.05, 4.69) is 4.74 Å². The SMILES string of the molecule is CCOC(=O)/C(O)=C/C(=O)/C=C/c1cccn1Cc1ccc(F)c(F)c1. The standard InChI is InChI=1S/C19H17F2NO4/c1-2-26-19(25)18(24)11-15(23)7-6-14-4-3-9-22(14)12-13-5-8-16(20)17(21)10-13/h3-11,24H,2,12H2,1H3/b7-6+,18-11-. The first kappa shape index (κ1) is 19.1. The highest BCUT2D eigenvalue weighted by Crippen LogP contribution is 2.13. The van der Waals surface area contributed by atoms with E-state index in [1.807, 2.05) is 0 Å². The highest BCUT2D eigenvalue weighted by Gasteiger charge is 2.09. The van der Waals surface area contributed by atoms with E-state index >= 15 is 0 Å². The molecule has 136 valence electrons. The number of hydrogen-bond donors (Lipinski definition) is 1. The zero-order chi connectivity index (χ0) is 19.1. The summed E-state index contributed by atoms with van der Waals surface area (Å²) in [4.78, 5) is 23.0. The van der Waals surface area contributed by atoms with Gasteiger partial charge in [-0.2, -0.15) is 0 Å². The minimum absolute atomic E-state index is 0.0816. The molecule has 1 heterocycles. The van der Waals surface area contributed by atoms with E-state index in [-0.39, 0.29) is 13.2 Å². The van der Waals surface area contributed by atoms with Crippen LogP contribution in [0.15, 0.2) is 54.4 Å². The number of rotatable bonds is 7. The highest BCUT2D eigenvalue weighted by molar-refractivity contribution is 6.05. The van der Waals surface area contributed by atoms with Crippen LogP contribution in [0.4, 0.5) is 8.78 Å². The molecule has 0 unspecified atom stereocenters. The molecule has 0 amide bonds.